The Bertz CT molecular complexity index is 1420. The number of hydrogen-bond acceptors (Lipinski definition) is 7. The fourth-order valence-corrected chi connectivity index (χ4v) is 5.13. The zero-order valence-corrected chi connectivity index (χ0v) is 24.0. The predicted molar refractivity (Wildman–Crippen MR) is 159 cm³/mol. The molecule has 0 aliphatic carbocycles. The van der Waals surface area contributed by atoms with Gasteiger partial charge in [-0.1, -0.05) is 41.4 Å². The minimum Gasteiger partial charge on any atom is -0.494 e. The molecule has 1 saturated heterocycles. The van der Waals surface area contributed by atoms with Crippen LogP contribution in [-0.4, -0.2) is 68.2 Å². The number of methoxy groups -OCH3 is 2. The lowest BCUT2D eigenvalue weighted by Crippen LogP contribution is -2.49. The van der Waals surface area contributed by atoms with E-state index in [-0.39, 0.29) is 32.4 Å². The first-order valence-corrected chi connectivity index (χ1v) is 13.3. The van der Waals surface area contributed by atoms with Crippen molar-refractivity contribution >= 4 is 69.7 Å². The molecule has 9 nitrogen and oxygen atoms in total. The Morgan fingerprint density at radius 3 is 2.10 bits per heavy atom. The van der Waals surface area contributed by atoms with Crippen molar-refractivity contribution in [2.45, 2.75) is 0 Å². The monoisotopic (exact) mass is 600 g/mol. The van der Waals surface area contributed by atoms with Gasteiger partial charge in [0.15, 0.2) is 10.9 Å². The van der Waals surface area contributed by atoms with Crippen molar-refractivity contribution < 1.29 is 23.9 Å². The smallest absolute Gasteiger partial charge is 0.337 e. The van der Waals surface area contributed by atoms with E-state index >= 15 is 0 Å². The summed E-state index contributed by atoms with van der Waals surface area (Å²) in [5, 5.41) is 5.97. The van der Waals surface area contributed by atoms with Gasteiger partial charge in [-0.2, -0.15) is 0 Å². The summed E-state index contributed by atoms with van der Waals surface area (Å²) >= 11 is 17.7. The number of piperazine rings is 1. The van der Waals surface area contributed by atoms with Crippen molar-refractivity contribution in [1.82, 2.24) is 10.2 Å². The highest BCUT2D eigenvalue weighted by molar-refractivity contribution is 7.80. The number of nitrogens with one attached hydrogen (secondary N) is 2. The highest BCUT2D eigenvalue weighted by atomic mass is 35.5. The minimum atomic E-state index is -0.539. The number of carbonyl (C=O) groups excluding carboxylic acids is 3. The molecular formula is C28H26Cl2N4O5S. The van der Waals surface area contributed by atoms with E-state index in [4.69, 9.17) is 44.9 Å². The van der Waals surface area contributed by atoms with E-state index in [2.05, 4.69) is 15.5 Å². The van der Waals surface area contributed by atoms with Crippen LogP contribution in [0.4, 0.5) is 11.4 Å². The first kappa shape index (κ1) is 29.1. The van der Waals surface area contributed by atoms with Crippen LogP contribution in [0.5, 0.6) is 5.75 Å². The SMILES string of the molecule is COC(=O)c1ccc(N2CCN(C(=O)c3ccccc3)CC2)c(NC(=S)NC(=O)c2cc(Cl)c(OC)c(Cl)c2)c1. The first-order chi connectivity index (χ1) is 19.2. The molecule has 3 aromatic rings. The second-order valence-electron chi connectivity index (χ2n) is 8.75. The lowest BCUT2D eigenvalue weighted by molar-refractivity contribution is 0.0600. The van der Waals surface area contributed by atoms with Crippen LogP contribution in [0.3, 0.4) is 0 Å². The Hall–Kier alpha value is -3.86. The van der Waals surface area contributed by atoms with Gasteiger partial charge in [0, 0.05) is 37.3 Å². The molecular weight excluding hydrogens is 575 g/mol. The lowest BCUT2D eigenvalue weighted by atomic mass is 10.1. The third-order valence-electron chi connectivity index (χ3n) is 6.29. The van der Waals surface area contributed by atoms with Gasteiger partial charge in [0.2, 0.25) is 0 Å². The van der Waals surface area contributed by atoms with Gasteiger partial charge in [0.05, 0.1) is 41.2 Å². The Morgan fingerprint density at radius 1 is 0.850 bits per heavy atom. The summed E-state index contributed by atoms with van der Waals surface area (Å²) in [6.07, 6.45) is 0. The number of thiocarbonyl (C=S) groups is 1. The van der Waals surface area contributed by atoms with E-state index in [0.717, 1.165) is 5.69 Å². The molecule has 0 radical (unpaired) electrons. The summed E-state index contributed by atoms with van der Waals surface area (Å²) in [6, 6.07) is 17.0. The number of esters is 1. The molecule has 40 heavy (non-hydrogen) atoms. The third kappa shape index (κ3) is 6.64. The minimum absolute atomic E-state index is 0.00535. The number of rotatable bonds is 6. The van der Waals surface area contributed by atoms with Crippen LogP contribution in [0.15, 0.2) is 60.7 Å². The van der Waals surface area contributed by atoms with Gasteiger partial charge in [-0.15, -0.1) is 0 Å². The highest BCUT2D eigenvalue weighted by Crippen LogP contribution is 2.34. The number of carbonyl (C=O) groups is 3. The van der Waals surface area contributed by atoms with E-state index in [1.165, 1.54) is 26.4 Å². The van der Waals surface area contributed by atoms with E-state index < -0.39 is 11.9 Å². The van der Waals surface area contributed by atoms with Crippen LogP contribution in [0.25, 0.3) is 0 Å². The zero-order valence-electron chi connectivity index (χ0n) is 21.7. The van der Waals surface area contributed by atoms with Crippen molar-refractivity contribution in [1.29, 1.82) is 0 Å². The van der Waals surface area contributed by atoms with Crippen molar-refractivity contribution in [2.75, 3.05) is 50.6 Å². The summed E-state index contributed by atoms with van der Waals surface area (Å²) in [5.74, 6) is -0.828. The van der Waals surface area contributed by atoms with Gasteiger partial charge < -0.3 is 24.6 Å². The predicted octanol–water partition coefficient (Wildman–Crippen LogP) is 4.88. The largest absolute Gasteiger partial charge is 0.494 e. The number of nitrogens with zero attached hydrogens (tertiary/aromatic N) is 2. The maximum Gasteiger partial charge on any atom is 0.337 e. The van der Waals surface area contributed by atoms with Crippen LogP contribution in [0.1, 0.15) is 31.1 Å². The average molecular weight is 602 g/mol. The van der Waals surface area contributed by atoms with E-state index in [1.807, 2.05) is 18.2 Å². The Balaban J connectivity index is 1.50. The standard InChI is InChI=1S/C28H26Cl2N4O5S/c1-38-24-20(29)14-19(15-21(24)30)25(35)32-28(40)31-22-16-18(27(37)39-2)8-9-23(22)33-10-12-34(13-11-33)26(36)17-6-4-3-5-7-17/h3-9,14-16H,10-13H2,1-2H3,(H2,31,32,35,40). The van der Waals surface area contributed by atoms with E-state index in [9.17, 15) is 14.4 Å². The van der Waals surface area contributed by atoms with E-state index in [0.29, 0.717) is 43.0 Å². The van der Waals surface area contributed by atoms with Crippen LogP contribution >= 0.6 is 35.4 Å². The summed E-state index contributed by atoms with van der Waals surface area (Å²) in [7, 11) is 2.72. The Labute approximate surface area is 246 Å². The molecule has 1 aliphatic heterocycles. The molecule has 3 aromatic carbocycles. The van der Waals surface area contributed by atoms with Gasteiger partial charge >= 0.3 is 5.97 Å². The molecule has 1 aliphatic rings. The molecule has 0 saturated carbocycles. The van der Waals surface area contributed by atoms with Crippen LogP contribution in [0.2, 0.25) is 10.0 Å². The number of anilines is 2. The number of hydrogen-bond donors (Lipinski definition) is 2. The van der Waals surface area contributed by atoms with Crippen LogP contribution in [0, 0.1) is 0 Å². The van der Waals surface area contributed by atoms with E-state index in [1.54, 1.807) is 35.2 Å². The second-order valence-corrected chi connectivity index (χ2v) is 9.97. The Morgan fingerprint density at radius 2 is 1.50 bits per heavy atom. The van der Waals surface area contributed by atoms with Gasteiger partial charge in [0.25, 0.3) is 11.8 Å². The van der Waals surface area contributed by atoms with Gasteiger partial charge in [-0.25, -0.2) is 4.79 Å². The summed E-state index contributed by atoms with van der Waals surface area (Å²) in [6.45, 7) is 2.11. The number of benzene rings is 3. The van der Waals surface area contributed by atoms with Crippen LogP contribution < -0.4 is 20.3 Å². The fourth-order valence-electron chi connectivity index (χ4n) is 4.29. The van der Waals surface area contributed by atoms with Gasteiger partial charge in [-0.05, 0) is 54.7 Å². The van der Waals surface area contributed by atoms with Gasteiger partial charge in [0.1, 0.15) is 0 Å². The molecule has 2 N–H and O–H groups in total. The molecule has 1 heterocycles. The van der Waals surface area contributed by atoms with Crippen molar-refractivity contribution in [2.24, 2.45) is 0 Å². The second kappa shape index (κ2) is 13.0. The summed E-state index contributed by atoms with van der Waals surface area (Å²) < 4.78 is 9.99. The van der Waals surface area contributed by atoms with Gasteiger partial charge in [-0.3, -0.25) is 14.9 Å². The molecule has 12 heteroatoms. The number of halogens is 2. The maximum atomic E-state index is 12.9. The Kier molecular flexibility index (Phi) is 9.46. The zero-order chi connectivity index (χ0) is 28.8. The molecule has 0 unspecified atom stereocenters. The normalized spacial score (nSPS) is 12.9. The first-order valence-electron chi connectivity index (χ1n) is 12.2. The topological polar surface area (TPSA) is 100 Å². The quantitative estimate of drug-likeness (QED) is 0.305. The van der Waals surface area contributed by atoms with Crippen molar-refractivity contribution in [3.8, 4) is 5.75 Å². The molecule has 4 rings (SSSR count). The summed E-state index contributed by atoms with van der Waals surface area (Å²) in [5.41, 5.74) is 2.35. The highest BCUT2D eigenvalue weighted by Gasteiger charge is 2.25. The number of amides is 2. The van der Waals surface area contributed by atoms with Crippen molar-refractivity contribution in [3.63, 3.8) is 0 Å². The maximum absolute atomic E-state index is 12.9. The summed E-state index contributed by atoms with van der Waals surface area (Å²) in [4.78, 5) is 41.8. The third-order valence-corrected chi connectivity index (χ3v) is 7.05. The molecule has 2 amide bonds. The number of ether oxygens (including phenoxy) is 2. The fraction of sp³-hybridized carbons (Fsp3) is 0.214. The molecule has 208 valence electrons. The molecule has 1 fully saturated rings. The lowest BCUT2D eigenvalue weighted by Gasteiger charge is -2.37. The molecule has 0 bridgehead atoms. The molecule has 0 atom stereocenters. The molecule has 0 spiro atoms. The van der Waals surface area contributed by atoms with Crippen LogP contribution in [-0.2, 0) is 4.74 Å². The average Bonchev–Trinajstić information content (AvgIpc) is 2.96. The molecule has 0 aromatic heterocycles. The van der Waals surface area contributed by atoms with Crippen molar-refractivity contribution in [3.05, 3.63) is 87.4 Å².